The van der Waals surface area contributed by atoms with Gasteiger partial charge in [0.05, 0.1) is 29.9 Å². The maximum absolute atomic E-state index is 15.2. The first kappa shape index (κ1) is 43.1. The van der Waals surface area contributed by atoms with Crippen LogP contribution in [0.3, 0.4) is 0 Å². The van der Waals surface area contributed by atoms with E-state index in [2.05, 4.69) is 5.32 Å². The second-order valence-corrected chi connectivity index (χ2v) is 16.7. The van der Waals surface area contributed by atoms with Crippen LogP contribution in [0.2, 0.25) is 0 Å². The summed E-state index contributed by atoms with van der Waals surface area (Å²) >= 11 is 0. The number of para-hydroxylation sites is 1. The minimum absolute atomic E-state index is 0. The number of hydrogen-bond donors (Lipinski definition) is 5. The summed E-state index contributed by atoms with van der Waals surface area (Å²) in [6.45, 7) is 8.69. The number of rotatable bonds is 8. The van der Waals surface area contributed by atoms with Crippen molar-refractivity contribution < 1.29 is 92.8 Å². The number of aliphatic hydroxyl groups is 3. The summed E-state index contributed by atoms with van der Waals surface area (Å²) in [5.41, 5.74) is 1.96. The van der Waals surface area contributed by atoms with Gasteiger partial charge in [-0.05, 0) is 66.7 Å². The molecule has 7 rings (SSSR count). The minimum atomic E-state index is -1.90. The van der Waals surface area contributed by atoms with Gasteiger partial charge < -0.3 is 40.6 Å². The largest absolute Gasteiger partial charge is 0.456 e. The smallest absolute Gasteiger partial charge is 0.341 e. The third kappa shape index (κ3) is 7.10. The van der Waals surface area contributed by atoms with Crippen LogP contribution in [0.1, 0.15) is 86.2 Å². The van der Waals surface area contributed by atoms with Crippen molar-refractivity contribution in [3.63, 3.8) is 0 Å². The van der Waals surface area contributed by atoms with E-state index in [1.54, 1.807) is 113 Å². The van der Waals surface area contributed by atoms with E-state index in [0.717, 1.165) is 0 Å². The van der Waals surface area contributed by atoms with Gasteiger partial charge in [-0.1, -0.05) is 88.4 Å². The van der Waals surface area contributed by atoms with Gasteiger partial charge in [0.1, 0.15) is 11.7 Å². The van der Waals surface area contributed by atoms with Crippen molar-refractivity contribution in [1.82, 2.24) is 5.32 Å². The molecule has 1 amide bonds. The Balaban J connectivity index is 0.00000549. The van der Waals surface area contributed by atoms with Crippen LogP contribution in [0.25, 0.3) is 0 Å². The molecule has 1 radical (unpaired) electrons. The predicted molar refractivity (Wildman–Crippen MR) is 205 cm³/mol. The Morgan fingerprint density at radius 3 is 2.16 bits per heavy atom. The van der Waals surface area contributed by atoms with Crippen LogP contribution < -0.4 is 11.1 Å². The maximum Gasteiger partial charge on any atom is 0.341 e. The Labute approximate surface area is 368 Å². The third-order valence-corrected chi connectivity index (χ3v) is 13.4. The van der Waals surface area contributed by atoms with Crippen LogP contribution >= 0.6 is 0 Å². The fourth-order valence-electron chi connectivity index (χ4n) is 10.2. The first-order valence-corrected chi connectivity index (χ1v) is 19.1. The van der Waals surface area contributed by atoms with Gasteiger partial charge in [0.25, 0.3) is 5.91 Å². The number of amides is 1. The van der Waals surface area contributed by atoms with Crippen LogP contribution in [-0.4, -0.2) is 81.2 Å². The molecule has 3 fully saturated rings. The molecule has 4 aliphatic rings. The van der Waals surface area contributed by atoms with Crippen LogP contribution in [0.15, 0.2) is 96.1 Å². The average molecular weight is 994 g/mol. The topological polar surface area (TPSA) is 195 Å². The Kier molecular flexibility index (Phi) is 12.1. The summed E-state index contributed by atoms with van der Waals surface area (Å²) in [5.74, 6) is -4.55. The van der Waals surface area contributed by atoms with E-state index in [-0.39, 0.29) is 73.9 Å². The van der Waals surface area contributed by atoms with Gasteiger partial charge in [-0.25, -0.2) is 9.59 Å². The minimum Gasteiger partial charge on any atom is -0.456 e. The van der Waals surface area contributed by atoms with Crippen LogP contribution in [0.5, 0.6) is 0 Å². The molecular weight excluding hydrogens is 943 g/mol. The molecule has 3 aromatic carbocycles. The van der Waals surface area contributed by atoms with Gasteiger partial charge in [-0.3, -0.25) is 9.59 Å². The number of nitrogens with two attached hydrogens (primary N) is 1. The molecule has 8 unspecified atom stereocenters. The van der Waals surface area contributed by atoms with E-state index in [1.807, 2.05) is 0 Å². The zero-order valence-corrected chi connectivity index (χ0v) is 37.6. The molecule has 0 aromatic heterocycles. The van der Waals surface area contributed by atoms with Crippen LogP contribution in [-0.2, 0) is 23.8 Å². The molecule has 10 atom stereocenters. The van der Waals surface area contributed by atoms with E-state index >= 15 is 4.79 Å². The second-order valence-electron chi connectivity index (χ2n) is 16.7. The van der Waals surface area contributed by atoms with Crippen LogP contribution in [0.4, 0.5) is 5.69 Å². The Hall–Kier alpha value is -3.44. The fraction of sp³-hybridized carbons (Fsp3) is 0.455. The van der Waals surface area contributed by atoms with E-state index in [4.69, 9.17) is 19.9 Å². The van der Waals surface area contributed by atoms with Gasteiger partial charge in [0.2, 0.25) is 0 Å². The molecule has 299 valence electrons. The SMILES string of the molecule is CC1=C2C(OC(=O)c3ccccc3N)C(=O)[C@]3(C)CCC4OCC4(O)C3[C@H](C)C(O)(CC1OC(=O)C(O)C(NC(=O)c1ccccc1)c1ccccc1)C2(C)C.[Ac]. The number of benzene rings is 3. The molecule has 1 heterocycles. The third-order valence-electron chi connectivity index (χ3n) is 13.4. The molecule has 3 aromatic rings. The summed E-state index contributed by atoms with van der Waals surface area (Å²) in [6.07, 6.45) is -4.73. The van der Waals surface area contributed by atoms with Gasteiger partial charge in [0, 0.05) is 78.5 Å². The van der Waals surface area contributed by atoms with E-state index in [0.29, 0.717) is 29.5 Å². The molecule has 2 bridgehead atoms. The fourth-order valence-corrected chi connectivity index (χ4v) is 10.2. The number of nitrogen functional groups attached to an aromatic ring is 1. The number of Topliss-reactive ketones (excluding diaryl/α,β-unsaturated/α-hetero) is 1. The van der Waals surface area contributed by atoms with Gasteiger partial charge >= 0.3 is 11.9 Å². The van der Waals surface area contributed by atoms with Crippen molar-refractivity contribution in [2.75, 3.05) is 12.3 Å². The standard InChI is InChI=1S/C44H50N2O10.Ac/c1-24-30(55-40(51)34(47)33(26-14-8-6-9-15-26)46-38(49)27-16-10-7-11-17-27)22-44(53)25(2)36-42(5,21-20-31-43(36,52)23-54-31)37(48)35(32(24)41(44,3)4)56-39(50)28-18-12-13-19-29(28)45;/h6-19,25,30-31,33-36,47,52-53H,20-23,45H2,1-5H3,(H,46,49);/t25-,30?,31?,33?,34?,35?,36?,42+,43?,44?;/m0./s1. The number of anilines is 1. The first-order chi connectivity index (χ1) is 26.5. The summed E-state index contributed by atoms with van der Waals surface area (Å²) in [5, 5.41) is 39.9. The molecule has 0 spiro atoms. The summed E-state index contributed by atoms with van der Waals surface area (Å²) in [7, 11) is 0. The van der Waals surface area contributed by atoms with E-state index in [9.17, 15) is 29.7 Å². The Morgan fingerprint density at radius 2 is 1.54 bits per heavy atom. The molecule has 1 aliphatic heterocycles. The van der Waals surface area contributed by atoms with Gasteiger partial charge in [-0.2, -0.15) is 0 Å². The number of fused-ring (bicyclic) bond motifs is 5. The number of carbonyl (C=O) groups is 4. The molecule has 1 saturated heterocycles. The zero-order chi connectivity index (χ0) is 40.4. The van der Waals surface area contributed by atoms with Crippen LogP contribution in [0, 0.1) is 66.7 Å². The Bertz CT molecular complexity index is 2080. The number of ether oxygens (including phenoxy) is 3. The van der Waals surface area contributed by atoms with Crippen molar-refractivity contribution in [3.8, 4) is 0 Å². The number of aliphatic hydroxyl groups excluding tert-OH is 1. The first-order valence-electron chi connectivity index (χ1n) is 19.1. The quantitative estimate of drug-likeness (QED) is 0.121. The molecule has 6 N–H and O–H groups in total. The summed E-state index contributed by atoms with van der Waals surface area (Å²) in [4.78, 5) is 56.7. The van der Waals surface area contributed by atoms with Crippen molar-refractivity contribution in [1.29, 1.82) is 0 Å². The van der Waals surface area contributed by atoms with E-state index in [1.165, 1.54) is 6.07 Å². The molecule has 3 aliphatic carbocycles. The molecule has 57 heavy (non-hydrogen) atoms. The summed E-state index contributed by atoms with van der Waals surface area (Å²) in [6, 6.07) is 22.0. The number of ketones is 1. The Morgan fingerprint density at radius 1 is 0.930 bits per heavy atom. The number of nitrogens with one attached hydrogen (secondary N) is 1. The number of hydrogen-bond acceptors (Lipinski definition) is 11. The summed E-state index contributed by atoms with van der Waals surface area (Å²) < 4.78 is 18.1. The van der Waals surface area contributed by atoms with Gasteiger partial charge in [0.15, 0.2) is 18.0 Å². The van der Waals surface area contributed by atoms with Crippen molar-refractivity contribution in [2.45, 2.75) is 95.5 Å². The average Bonchev–Trinajstić information content (AvgIpc) is 3.17. The normalized spacial score (nSPS) is 32.4. The van der Waals surface area contributed by atoms with E-state index < -0.39 is 88.0 Å². The predicted octanol–water partition coefficient (Wildman–Crippen LogP) is 4.48. The zero-order valence-electron chi connectivity index (χ0n) is 32.8. The monoisotopic (exact) mass is 993 g/mol. The van der Waals surface area contributed by atoms with Crippen molar-refractivity contribution in [2.24, 2.45) is 22.7 Å². The van der Waals surface area contributed by atoms with Gasteiger partial charge in [-0.15, -0.1) is 0 Å². The molecule has 2 saturated carbocycles. The second kappa shape index (κ2) is 16.0. The molecule has 12 nitrogen and oxygen atoms in total. The van der Waals surface area contributed by atoms with Crippen molar-refractivity contribution in [3.05, 3.63) is 113 Å². The molecule has 13 heteroatoms. The molecular formula is C44H50AcN2O10. The number of carbonyl (C=O) groups excluding carboxylic acids is 4. The maximum atomic E-state index is 15.2. The van der Waals surface area contributed by atoms with Crippen molar-refractivity contribution >= 4 is 29.3 Å². The number of esters is 2.